The molecule has 2 N–H and O–H groups in total. The minimum Gasteiger partial charge on any atom is -0.356 e. The first-order valence-electron chi connectivity index (χ1n) is 6.78. The molecule has 1 aromatic carbocycles. The second kappa shape index (κ2) is 6.43. The van der Waals surface area contributed by atoms with Crippen LogP contribution in [0.4, 0.5) is 0 Å². The van der Waals surface area contributed by atoms with Gasteiger partial charge in [-0.25, -0.2) is 0 Å². The van der Waals surface area contributed by atoms with Crippen molar-refractivity contribution in [3.63, 3.8) is 0 Å². The average Bonchev–Trinajstić information content (AvgIpc) is 3.17. The Labute approximate surface area is 110 Å². The van der Waals surface area contributed by atoms with Crippen molar-refractivity contribution in [1.29, 1.82) is 0 Å². The van der Waals surface area contributed by atoms with Gasteiger partial charge < -0.3 is 10.6 Å². The Morgan fingerprint density at radius 2 is 2.17 bits per heavy atom. The highest BCUT2D eigenvalue weighted by atomic mass is 15.2. The molecule has 0 unspecified atom stereocenters. The van der Waals surface area contributed by atoms with Crippen LogP contribution in [0.15, 0.2) is 29.3 Å². The Kier molecular flexibility index (Phi) is 4.62. The van der Waals surface area contributed by atoms with Crippen molar-refractivity contribution in [3.8, 4) is 0 Å². The van der Waals surface area contributed by atoms with E-state index in [1.54, 1.807) is 0 Å². The second-order valence-electron chi connectivity index (χ2n) is 5.06. The quantitative estimate of drug-likeness (QED) is 0.616. The van der Waals surface area contributed by atoms with Crippen molar-refractivity contribution in [3.05, 3.63) is 35.4 Å². The maximum atomic E-state index is 4.23. The molecule has 3 heteroatoms. The zero-order chi connectivity index (χ0) is 12.8. The van der Waals surface area contributed by atoms with E-state index in [4.69, 9.17) is 0 Å². The molecule has 0 aliphatic heterocycles. The number of aliphatic imine (C=N–C) groups is 1. The first-order valence-corrected chi connectivity index (χ1v) is 6.78. The van der Waals surface area contributed by atoms with Crippen LogP contribution < -0.4 is 10.6 Å². The lowest BCUT2D eigenvalue weighted by molar-refractivity contribution is 0.734. The molecule has 1 aliphatic carbocycles. The summed E-state index contributed by atoms with van der Waals surface area (Å²) in [7, 11) is 1.83. The van der Waals surface area contributed by atoms with Gasteiger partial charge in [-0.2, -0.15) is 0 Å². The van der Waals surface area contributed by atoms with Gasteiger partial charge >= 0.3 is 0 Å². The molecule has 0 amide bonds. The fourth-order valence-electron chi connectivity index (χ4n) is 1.98. The van der Waals surface area contributed by atoms with Crippen LogP contribution in [0.3, 0.4) is 0 Å². The van der Waals surface area contributed by atoms with Crippen LogP contribution in [0.1, 0.15) is 24.0 Å². The summed E-state index contributed by atoms with van der Waals surface area (Å²) in [6.45, 7) is 4.12. The van der Waals surface area contributed by atoms with Crippen LogP contribution in [0.5, 0.6) is 0 Å². The van der Waals surface area contributed by atoms with Gasteiger partial charge in [0.2, 0.25) is 0 Å². The predicted octanol–water partition coefficient (Wildman–Crippen LogP) is 2.11. The van der Waals surface area contributed by atoms with E-state index in [1.165, 1.54) is 24.0 Å². The highest BCUT2D eigenvalue weighted by Crippen LogP contribution is 2.27. The topological polar surface area (TPSA) is 36.4 Å². The standard InChI is InChI=1S/C15H23N3/c1-12-4-3-5-13(10-12)8-9-17-15(16-2)18-11-14-6-7-14/h3-5,10,14H,6-9,11H2,1-2H3,(H2,16,17,18). The van der Waals surface area contributed by atoms with Gasteiger partial charge in [0.15, 0.2) is 5.96 Å². The number of aryl methyl sites for hydroxylation is 1. The Morgan fingerprint density at radius 3 is 2.83 bits per heavy atom. The molecule has 1 saturated carbocycles. The van der Waals surface area contributed by atoms with Gasteiger partial charge in [-0.3, -0.25) is 4.99 Å². The first kappa shape index (κ1) is 12.9. The summed E-state index contributed by atoms with van der Waals surface area (Å²) in [5, 5.41) is 6.73. The summed E-state index contributed by atoms with van der Waals surface area (Å²) in [4.78, 5) is 4.23. The summed E-state index contributed by atoms with van der Waals surface area (Å²) in [6.07, 6.45) is 3.77. The van der Waals surface area contributed by atoms with E-state index in [1.807, 2.05) is 7.05 Å². The largest absolute Gasteiger partial charge is 0.356 e. The zero-order valence-corrected chi connectivity index (χ0v) is 11.4. The molecule has 0 heterocycles. The fraction of sp³-hybridized carbons (Fsp3) is 0.533. The van der Waals surface area contributed by atoms with Crippen LogP contribution in [-0.4, -0.2) is 26.1 Å². The van der Waals surface area contributed by atoms with Gasteiger partial charge in [0, 0.05) is 20.1 Å². The third-order valence-corrected chi connectivity index (χ3v) is 3.27. The van der Waals surface area contributed by atoms with Gasteiger partial charge in [0.05, 0.1) is 0 Å². The van der Waals surface area contributed by atoms with Gasteiger partial charge in [-0.15, -0.1) is 0 Å². The molecule has 0 bridgehead atoms. The highest BCUT2D eigenvalue weighted by Gasteiger charge is 2.20. The molecule has 0 saturated heterocycles. The molecule has 18 heavy (non-hydrogen) atoms. The van der Waals surface area contributed by atoms with Gasteiger partial charge in [0.25, 0.3) is 0 Å². The number of hydrogen-bond acceptors (Lipinski definition) is 1. The van der Waals surface area contributed by atoms with Gasteiger partial charge in [-0.05, 0) is 37.7 Å². The maximum absolute atomic E-state index is 4.23. The normalized spacial score (nSPS) is 15.6. The molecule has 98 valence electrons. The molecule has 0 radical (unpaired) electrons. The van der Waals surface area contributed by atoms with Crippen LogP contribution in [0.2, 0.25) is 0 Å². The van der Waals surface area contributed by atoms with Crippen molar-refractivity contribution < 1.29 is 0 Å². The maximum Gasteiger partial charge on any atom is 0.190 e. The molecule has 0 atom stereocenters. The summed E-state index contributed by atoms with van der Waals surface area (Å²) in [6, 6.07) is 8.66. The minimum atomic E-state index is 0.875. The lowest BCUT2D eigenvalue weighted by Crippen LogP contribution is -2.39. The van der Waals surface area contributed by atoms with Crippen molar-refractivity contribution >= 4 is 5.96 Å². The van der Waals surface area contributed by atoms with Gasteiger partial charge in [0.1, 0.15) is 0 Å². The fourth-order valence-corrected chi connectivity index (χ4v) is 1.98. The predicted molar refractivity (Wildman–Crippen MR) is 77.0 cm³/mol. The van der Waals surface area contributed by atoms with Crippen molar-refractivity contribution in [2.75, 3.05) is 20.1 Å². The summed E-state index contributed by atoms with van der Waals surface area (Å²) in [5.41, 5.74) is 2.70. The second-order valence-corrected chi connectivity index (χ2v) is 5.06. The summed E-state index contributed by atoms with van der Waals surface area (Å²) in [5.74, 6) is 1.80. The van der Waals surface area contributed by atoms with Crippen molar-refractivity contribution in [2.45, 2.75) is 26.2 Å². The Hall–Kier alpha value is -1.51. The molecule has 1 aromatic rings. The number of rotatable bonds is 5. The molecule has 1 fully saturated rings. The van der Waals surface area contributed by atoms with E-state index >= 15 is 0 Å². The lowest BCUT2D eigenvalue weighted by Gasteiger charge is -2.11. The average molecular weight is 245 g/mol. The first-order chi connectivity index (χ1) is 8.78. The van der Waals surface area contributed by atoms with Crippen LogP contribution >= 0.6 is 0 Å². The third-order valence-electron chi connectivity index (χ3n) is 3.27. The molecular formula is C15H23N3. The zero-order valence-electron chi connectivity index (χ0n) is 11.4. The smallest absolute Gasteiger partial charge is 0.190 e. The summed E-state index contributed by atoms with van der Waals surface area (Å²) < 4.78 is 0. The van der Waals surface area contributed by atoms with Crippen molar-refractivity contribution in [1.82, 2.24) is 10.6 Å². The lowest BCUT2D eigenvalue weighted by atomic mass is 10.1. The Balaban J connectivity index is 1.69. The molecule has 2 rings (SSSR count). The van der Waals surface area contributed by atoms with Crippen LogP contribution in [-0.2, 0) is 6.42 Å². The van der Waals surface area contributed by atoms with E-state index in [9.17, 15) is 0 Å². The van der Waals surface area contributed by atoms with Crippen LogP contribution in [0.25, 0.3) is 0 Å². The van der Waals surface area contributed by atoms with Crippen LogP contribution in [0, 0.1) is 12.8 Å². The third kappa shape index (κ3) is 4.40. The summed E-state index contributed by atoms with van der Waals surface area (Å²) >= 11 is 0. The minimum absolute atomic E-state index is 0.875. The van der Waals surface area contributed by atoms with E-state index in [0.717, 1.165) is 31.4 Å². The number of hydrogen-bond donors (Lipinski definition) is 2. The number of nitrogens with zero attached hydrogens (tertiary/aromatic N) is 1. The molecular weight excluding hydrogens is 222 g/mol. The van der Waals surface area contributed by atoms with E-state index < -0.39 is 0 Å². The molecule has 0 spiro atoms. The van der Waals surface area contributed by atoms with Gasteiger partial charge in [-0.1, -0.05) is 29.8 Å². The SMILES string of the molecule is CN=C(NCCc1cccc(C)c1)NCC1CC1. The monoisotopic (exact) mass is 245 g/mol. The van der Waals surface area contributed by atoms with E-state index in [-0.39, 0.29) is 0 Å². The van der Waals surface area contributed by atoms with E-state index in [0.29, 0.717) is 0 Å². The molecule has 0 aromatic heterocycles. The van der Waals surface area contributed by atoms with Crippen molar-refractivity contribution in [2.24, 2.45) is 10.9 Å². The number of guanidine groups is 1. The molecule has 3 nitrogen and oxygen atoms in total. The Bertz CT molecular complexity index is 408. The molecule has 1 aliphatic rings. The van der Waals surface area contributed by atoms with E-state index in [2.05, 4.69) is 46.8 Å². The Morgan fingerprint density at radius 1 is 1.33 bits per heavy atom. The number of nitrogens with one attached hydrogen (secondary N) is 2. The number of benzene rings is 1. The highest BCUT2D eigenvalue weighted by molar-refractivity contribution is 5.79.